The van der Waals surface area contributed by atoms with Crippen LogP contribution in [-0.4, -0.2) is 25.2 Å². The summed E-state index contributed by atoms with van der Waals surface area (Å²) >= 11 is 0. The van der Waals surface area contributed by atoms with Gasteiger partial charge in [0.05, 0.1) is 6.26 Å². The zero-order valence-electron chi connectivity index (χ0n) is 9.23. The number of carbonyl (C=O) groups excluding carboxylic acids is 1. The van der Waals surface area contributed by atoms with Crippen molar-refractivity contribution >= 4 is 12.0 Å². The molecule has 0 radical (unpaired) electrons. The second-order valence-electron chi connectivity index (χ2n) is 3.80. The summed E-state index contributed by atoms with van der Waals surface area (Å²) in [5.74, 6) is 0.549. The van der Waals surface area contributed by atoms with Gasteiger partial charge in [0.2, 0.25) is 0 Å². The monoisotopic (exact) mass is 221 g/mol. The Hall–Kier alpha value is -1.55. The lowest BCUT2D eigenvalue weighted by atomic mass is 10.0. The van der Waals surface area contributed by atoms with Crippen LogP contribution in [0.1, 0.15) is 19.1 Å². The third-order valence-electron chi connectivity index (χ3n) is 2.51. The van der Waals surface area contributed by atoms with E-state index in [0.717, 1.165) is 30.8 Å². The summed E-state index contributed by atoms with van der Waals surface area (Å²) in [7, 11) is 0. The minimum Gasteiger partial charge on any atom is -0.465 e. The number of esters is 1. The highest BCUT2D eigenvalue weighted by molar-refractivity contribution is 5.67. The van der Waals surface area contributed by atoms with Crippen molar-refractivity contribution in [2.45, 2.75) is 19.4 Å². The Morgan fingerprint density at radius 3 is 3.25 bits per heavy atom. The van der Waals surface area contributed by atoms with Crippen LogP contribution in [0, 0.1) is 0 Å². The van der Waals surface area contributed by atoms with Crippen molar-refractivity contribution < 1.29 is 13.9 Å². The molecule has 4 heteroatoms. The van der Waals surface area contributed by atoms with E-state index in [-0.39, 0.29) is 12.1 Å². The first-order chi connectivity index (χ1) is 7.75. The van der Waals surface area contributed by atoms with E-state index < -0.39 is 0 Å². The lowest BCUT2D eigenvalue weighted by Gasteiger charge is -2.25. The topological polar surface area (TPSA) is 51.5 Å². The second kappa shape index (κ2) is 4.99. The molecule has 1 aliphatic heterocycles. The summed E-state index contributed by atoms with van der Waals surface area (Å²) in [5.41, 5.74) is 1.05. The van der Waals surface area contributed by atoms with E-state index >= 15 is 0 Å². The molecule has 1 N–H and O–H groups in total. The summed E-state index contributed by atoms with van der Waals surface area (Å²) in [6.45, 7) is 3.04. The quantitative estimate of drug-likeness (QED) is 0.770. The average Bonchev–Trinajstić information content (AvgIpc) is 2.73. The number of hydrogen-bond acceptors (Lipinski definition) is 4. The van der Waals surface area contributed by atoms with E-state index in [0.29, 0.717) is 0 Å². The SMILES string of the molecule is CC(=O)OC1CCNC/C1=C/c1ccco1. The average molecular weight is 221 g/mol. The molecule has 4 nitrogen and oxygen atoms in total. The van der Waals surface area contributed by atoms with Gasteiger partial charge in [-0.2, -0.15) is 0 Å². The summed E-state index contributed by atoms with van der Waals surface area (Å²) in [5, 5.41) is 3.25. The Morgan fingerprint density at radius 2 is 2.56 bits per heavy atom. The molecule has 1 aliphatic rings. The molecule has 0 bridgehead atoms. The first-order valence-electron chi connectivity index (χ1n) is 5.37. The number of hydrogen-bond donors (Lipinski definition) is 1. The van der Waals surface area contributed by atoms with Crippen LogP contribution in [0.15, 0.2) is 28.4 Å². The lowest BCUT2D eigenvalue weighted by molar-refractivity contribution is -0.145. The van der Waals surface area contributed by atoms with Crippen LogP contribution >= 0.6 is 0 Å². The molecule has 0 aliphatic carbocycles. The molecular weight excluding hydrogens is 206 g/mol. The van der Waals surface area contributed by atoms with E-state index in [1.54, 1.807) is 6.26 Å². The Labute approximate surface area is 94.3 Å². The molecule has 1 saturated heterocycles. The first kappa shape index (κ1) is 11.0. The number of piperidine rings is 1. The third kappa shape index (κ3) is 2.73. The van der Waals surface area contributed by atoms with Gasteiger partial charge in [0.25, 0.3) is 0 Å². The number of rotatable bonds is 2. The third-order valence-corrected chi connectivity index (χ3v) is 2.51. The minimum absolute atomic E-state index is 0.121. The maximum Gasteiger partial charge on any atom is 0.303 e. The molecule has 1 aromatic rings. The zero-order chi connectivity index (χ0) is 11.4. The van der Waals surface area contributed by atoms with Gasteiger partial charge in [-0.15, -0.1) is 0 Å². The normalized spacial score (nSPS) is 23.3. The van der Waals surface area contributed by atoms with Crippen molar-refractivity contribution in [2.75, 3.05) is 13.1 Å². The van der Waals surface area contributed by atoms with Crippen LogP contribution in [0.4, 0.5) is 0 Å². The molecule has 0 saturated carbocycles. The van der Waals surface area contributed by atoms with Gasteiger partial charge in [-0.05, 0) is 30.3 Å². The fourth-order valence-corrected chi connectivity index (χ4v) is 1.80. The van der Waals surface area contributed by atoms with Crippen LogP contribution in [0.25, 0.3) is 6.08 Å². The zero-order valence-corrected chi connectivity index (χ0v) is 9.23. The van der Waals surface area contributed by atoms with Gasteiger partial charge in [-0.25, -0.2) is 0 Å². The highest BCUT2D eigenvalue weighted by atomic mass is 16.5. The summed E-state index contributed by atoms with van der Waals surface area (Å²) in [4.78, 5) is 11.0. The molecule has 86 valence electrons. The van der Waals surface area contributed by atoms with Crippen molar-refractivity contribution in [3.8, 4) is 0 Å². The van der Waals surface area contributed by atoms with Crippen LogP contribution in [-0.2, 0) is 9.53 Å². The predicted octanol–water partition coefficient (Wildman–Crippen LogP) is 1.59. The standard InChI is InChI=1S/C12H15NO3/c1-9(14)16-12-4-5-13-8-10(12)7-11-3-2-6-15-11/h2-3,6-7,12-13H,4-5,8H2,1H3/b10-7-. The van der Waals surface area contributed by atoms with Crippen LogP contribution < -0.4 is 5.32 Å². The van der Waals surface area contributed by atoms with Gasteiger partial charge in [0, 0.05) is 19.9 Å². The first-order valence-corrected chi connectivity index (χ1v) is 5.37. The molecular formula is C12H15NO3. The van der Waals surface area contributed by atoms with Crippen LogP contribution in [0.5, 0.6) is 0 Å². The fourth-order valence-electron chi connectivity index (χ4n) is 1.80. The van der Waals surface area contributed by atoms with E-state index in [1.807, 2.05) is 18.2 Å². The van der Waals surface area contributed by atoms with Gasteiger partial charge in [-0.3, -0.25) is 4.79 Å². The smallest absolute Gasteiger partial charge is 0.303 e. The van der Waals surface area contributed by atoms with Crippen molar-refractivity contribution in [1.82, 2.24) is 5.32 Å². The second-order valence-corrected chi connectivity index (χ2v) is 3.80. The Morgan fingerprint density at radius 1 is 1.69 bits per heavy atom. The van der Waals surface area contributed by atoms with Crippen molar-refractivity contribution in [3.05, 3.63) is 29.7 Å². The van der Waals surface area contributed by atoms with E-state index in [4.69, 9.17) is 9.15 Å². The van der Waals surface area contributed by atoms with Gasteiger partial charge in [-0.1, -0.05) is 0 Å². The van der Waals surface area contributed by atoms with Gasteiger partial charge in [0.1, 0.15) is 11.9 Å². The Bertz CT molecular complexity index is 381. The largest absolute Gasteiger partial charge is 0.465 e. The molecule has 16 heavy (non-hydrogen) atoms. The molecule has 1 aromatic heterocycles. The summed E-state index contributed by atoms with van der Waals surface area (Å²) in [6, 6.07) is 3.72. The number of ether oxygens (including phenoxy) is 1. The highest BCUT2D eigenvalue weighted by Crippen LogP contribution is 2.18. The minimum atomic E-state index is -0.239. The van der Waals surface area contributed by atoms with E-state index in [1.165, 1.54) is 6.92 Å². The van der Waals surface area contributed by atoms with Crippen molar-refractivity contribution in [2.24, 2.45) is 0 Å². The molecule has 0 amide bonds. The number of furan rings is 1. The molecule has 2 rings (SSSR count). The lowest BCUT2D eigenvalue weighted by Crippen LogP contribution is -2.35. The maximum absolute atomic E-state index is 11.0. The maximum atomic E-state index is 11.0. The van der Waals surface area contributed by atoms with E-state index in [9.17, 15) is 4.79 Å². The van der Waals surface area contributed by atoms with Gasteiger partial charge < -0.3 is 14.5 Å². The summed E-state index contributed by atoms with van der Waals surface area (Å²) < 4.78 is 10.5. The fraction of sp³-hybridized carbons (Fsp3) is 0.417. The predicted molar refractivity (Wildman–Crippen MR) is 59.7 cm³/mol. The molecule has 1 fully saturated rings. The summed E-state index contributed by atoms with van der Waals surface area (Å²) in [6.07, 6.45) is 4.25. The molecule has 0 spiro atoms. The van der Waals surface area contributed by atoms with Crippen molar-refractivity contribution in [1.29, 1.82) is 0 Å². The Kier molecular flexibility index (Phi) is 3.41. The van der Waals surface area contributed by atoms with Crippen LogP contribution in [0.2, 0.25) is 0 Å². The highest BCUT2D eigenvalue weighted by Gasteiger charge is 2.21. The van der Waals surface area contributed by atoms with Crippen LogP contribution in [0.3, 0.4) is 0 Å². The van der Waals surface area contributed by atoms with Gasteiger partial charge in [0.15, 0.2) is 0 Å². The molecule has 2 heterocycles. The number of nitrogens with one attached hydrogen (secondary N) is 1. The number of carbonyl (C=O) groups is 1. The Balaban J connectivity index is 2.12. The van der Waals surface area contributed by atoms with E-state index in [2.05, 4.69) is 5.32 Å². The van der Waals surface area contributed by atoms with Gasteiger partial charge >= 0.3 is 5.97 Å². The molecule has 0 aromatic carbocycles. The molecule has 1 unspecified atom stereocenters. The van der Waals surface area contributed by atoms with Crippen molar-refractivity contribution in [3.63, 3.8) is 0 Å². The molecule has 1 atom stereocenters.